The van der Waals surface area contributed by atoms with Crippen LogP contribution in [0.25, 0.3) is 0 Å². The lowest BCUT2D eigenvalue weighted by molar-refractivity contribution is -0.109. The van der Waals surface area contributed by atoms with E-state index in [-0.39, 0.29) is 0 Å². The van der Waals surface area contributed by atoms with Gasteiger partial charge in [-0.2, -0.15) is 23.5 Å². The predicted molar refractivity (Wildman–Crippen MR) is 102 cm³/mol. The molecule has 0 aliphatic carbocycles. The molecule has 0 aliphatic rings. The predicted octanol–water partition coefficient (Wildman–Crippen LogP) is 5.24. The molecule has 0 atom stereocenters. The van der Waals surface area contributed by atoms with Crippen LogP contribution in [0.5, 0.6) is 0 Å². The average molecular weight is 347 g/mol. The minimum Gasteiger partial charge on any atom is -0.303 e. The average Bonchev–Trinajstić information content (AvgIpc) is 2.46. The van der Waals surface area contributed by atoms with Gasteiger partial charge in [0.05, 0.1) is 0 Å². The van der Waals surface area contributed by atoms with Crippen LogP contribution in [-0.2, 0) is 9.59 Å². The molecule has 0 heterocycles. The maximum atomic E-state index is 10.4. The summed E-state index contributed by atoms with van der Waals surface area (Å²) in [6.45, 7) is 9.03. The Morgan fingerprint density at radius 3 is 1.32 bits per heavy atom. The van der Waals surface area contributed by atoms with Gasteiger partial charge < -0.3 is 9.59 Å². The summed E-state index contributed by atoms with van der Waals surface area (Å²) >= 11 is 4.06. The number of thioether (sulfide) groups is 2. The van der Waals surface area contributed by atoms with E-state index in [4.69, 9.17) is 0 Å². The molecule has 2 nitrogen and oxygen atoms in total. The maximum absolute atomic E-state index is 10.4. The van der Waals surface area contributed by atoms with Gasteiger partial charge in [-0.1, -0.05) is 27.7 Å². The van der Waals surface area contributed by atoms with Crippen molar-refractivity contribution < 1.29 is 9.59 Å². The fraction of sp³-hybridized carbons (Fsp3) is 0.889. The van der Waals surface area contributed by atoms with Crippen molar-refractivity contribution >= 4 is 36.1 Å². The van der Waals surface area contributed by atoms with E-state index in [0.717, 1.165) is 25.4 Å². The highest BCUT2D eigenvalue weighted by molar-refractivity contribution is 8.02. The normalized spacial score (nSPS) is 12.4. The van der Waals surface area contributed by atoms with Crippen molar-refractivity contribution in [2.24, 2.45) is 10.8 Å². The minimum absolute atomic E-state index is 0.295. The lowest BCUT2D eigenvalue weighted by atomic mass is 9.85. The van der Waals surface area contributed by atoms with Crippen LogP contribution in [0.3, 0.4) is 0 Å². The monoisotopic (exact) mass is 346 g/mol. The highest BCUT2D eigenvalue weighted by Crippen LogP contribution is 2.29. The van der Waals surface area contributed by atoms with Crippen LogP contribution in [0.4, 0.5) is 0 Å². The summed E-state index contributed by atoms with van der Waals surface area (Å²) in [6, 6.07) is 0. The molecule has 0 aromatic carbocycles. The molecule has 0 saturated heterocycles. The smallest absolute Gasteiger partial charge is 0.120 e. The van der Waals surface area contributed by atoms with Crippen LogP contribution in [0, 0.1) is 10.8 Å². The summed E-state index contributed by atoms with van der Waals surface area (Å²) in [7, 11) is 0. The Labute approximate surface area is 146 Å². The second-order valence-corrected chi connectivity index (χ2v) is 9.91. The summed E-state index contributed by atoms with van der Waals surface area (Å²) < 4.78 is 0. The highest BCUT2D eigenvalue weighted by Gasteiger charge is 2.17. The molecule has 0 aromatic heterocycles. The van der Waals surface area contributed by atoms with E-state index in [1.807, 2.05) is 23.5 Å². The van der Waals surface area contributed by atoms with E-state index in [2.05, 4.69) is 27.7 Å². The first-order valence-electron chi connectivity index (χ1n) is 8.36. The van der Waals surface area contributed by atoms with Crippen LogP contribution in [-0.4, -0.2) is 35.6 Å². The summed E-state index contributed by atoms with van der Waals surface area (Å²) in [5, 5.41) is 0. The molecule has 0 aliphatic heterocycles. The topological polar surface area (TPSA) is 34.1 Å². The van der Waals surface area contributed by atoms with Crippen LogP contribution in [0.1, 0.15) is 66.2 Å². The number of carbonyl (C=O) groups is 2. The molecule has 4 heteroatoms. The number of rotatable bonds is 15. The van der Waals surface area contributed by atoms with Gasteiger partial charge in [-0.05, 0) is 48.0 Å². The van der Waals surface area contributed by atoms with Crippen molar-refractivity contribution in [3.05, 3.63) is 0 Å². The molecule has 22 heavy (non-hydrogen) atoms. The standard InChI is InChI=1S/C18H34O2S2/c1-17(2,7-5-11-19)9-13-21-15-16-22-14-10-18(3,4)8-6-12-20/h11-12H,5-10,13-16H2,1-4H3. The Bertz CT molecular complexity index is 271. The van der Waals surface area contributed by atoms with E-state index in [1.165, 1.54) is 35.9 Å². The second kappa shape index (κ2) is 12.5. The summed E-state index contributed by atoms with van der Waals surface area (Å²) in [5.41, 5.74) is 0.591. The van der Waals surface area contributed by atoms with Crippen molar-refractivity contribution in [3.8, 4) is 0 Å². The Balaban J connectivity index is 3.50. The first-order valence-corrected chi connectivity index (χ1v) is 10.7. The largest absolute Gasteiger partial charge is 0.303 e. The number of hydrogen-bond donors (Lipinski definition) is 0. The first-order chi connectivity index (χ1) is 10.3. The molecule has 0 N–H and O–H groups in total. The quantitative estimate of drug-likeness (QED) is 0.300. The molecule has 0 aromatic rings. The van der Waals surface area contributed by atoms with Crippen molar-refractivity contribution in [3.63, 3.8) is 0 Å². The van der Waals surface area contributed by atoms with Crippen molar-refractivity contribution in [1.29, 1.82) is 0 Å². The Morgan fingerprint density at radius 1 is 0.636 bits per heavy atom. The third-order valence-electron chi connectivity index (χ3n) is 4.10. The van der Waals surface area contributed by atoms with Crippen LogP contribution < -0.4 is 0 Å². The molecular formula is C18H34O2S2. The zero-order valence-corrected chi connectivity index (χ0v) is 16.5. The Kier molecular flexibility index (Phi) is 12.5. The molecule has 0 rings (SSSR count). The van der Waals surface area contributed by atoms with Gasteiger partial charge in [0, 0.05) is 24.3 Å². The fourth-order valence-electron chi connectivity index (χ4n) is 2.17. The Hall–Kier alpha value is 0.0400. The highest BCUT2D eigenvalue weighted by atomic mass is 32.2. The number of carbonyl (C=O) groups excluding carboxylic acids is 2. The van der Waals surface area contributed by atoms with E-state index in [1.54, 1.807) is 0 Å². The minimum atomic E-state index is 0.295. The fourth-order valence-corrected chi connectivity index (χ4v) is 4.91. The molecule has 0 radical (unpaired) electrons. The molecule has 0 saturated carbocycles. The van der Waals surface area contributed by atoms with Crippen LogP contribution >= 0.6 is 23.5 Å². The van der Waals surface area contributed by atoms with Gasteiger partial charge in [0.2, 0.25) is 0 Å². The van der Waals surface area contributed by atoms with Gasteiger partial charge in [0.1, 0.15) is 12.6 Å². The Morgan fingerprint density at radius 2 is 1.00 bits per heavy atom. The molecule has 0 fully saturated rings. The first kappa shape index (κ1) is 22.0. The van der Waals surface area contributed by atoms with E-state index in [9.17, 15) is 9.59 Å². The van der Waals surface area contributed by atoms with E-state index < -0.39 is 0 Å². The van der Waals surface area contributed by atoms with Crippen LogP contribution in [0.15, 0.2) is 0 Å². The molecular weight excluding hydrogens is 312 g/mol. The van der Waals surface area contributed by atoms with Crippen molar-refractivity contribution in [2.75, 3.05) is 23.0 Å². The van der Waals surface area contributed by atoms with Crippen LogP contribution in [0.2, 0.25) is 0 Å². The van der Waals surface area contributed by atoms with Crippen molar-refractivity contribution in [2.45, 2.75) is 66.2 Å². The van der Waals surface area contributed by atoms with Gasteiger partial charge >= 0.3 is 0 Å². The third kappa shape index (κ3) is 13.7. The zero-order valence-electron chi connectivity index (χ0n) is 14.9. The molecule has 0 bridgehead atoms. The van der Waals surface area contributed by atoms with E-state index >= 15 is 0 Å². The lowest BCUT2D eigenvalue weighted by Gasteiger charge is -2.23. The lowest BCUT2D eigenvalue weighted by Crippen LogP contribution is -2.13. The zero-order chi connectivity index (χ0) is 16.9. The van der Waals surface area contributed by atoms with Gasteiger partial charge in [0.15, 0.2) is 0 Å². The second-order valence-electron chi connectivity index (χ2n) is 7.46. The SMILES string of the molecule is CC(C)(CCC=O)CCSCCSCCC(C)(C)CCC=O. The third-order valence-corrected chi connectivity index (χ3v) is 6.33. The van der Waals surface area contributed by atoms with Gasteiger partial charge in [-0.25, -0.2) is 0 Å². The van der Waals surface area contributed by atoms with E-state index in [0.29, 0.717) is 23.7 Å². The molecule has 0 amide bonds. The maximum Gasteiger partial charge on any atom is 0.120 e. The summed E-state index contributed by atoms with van der Waals surface area (Å²) in [6.07, 6.45) is 7.82. The van der Waals surface area contributed by atoms with Gasteiger partial charge in [-0.3, -0.25) is 0 Å². The summed E-state index contributed by atoms with van der Waals surface area (Å²) in [4.78, 5) is 20.9. The number of aldehydes is 2. The van der Waals surface area contributed by atoms with Crippen molar-refractivity contribution in [1.82, 2.24) is 0 Å². The molecule has 130 valence electrons. The molecule has 0 unspecified atom stereocenters. The number of hydrogen-bond acceptors (Lipinski definition) is 4. The summed E-state index contributed by atoms with van der Waals surface area (Å²) in [5.74, 6) is 4.81. The van der Waals surface area contributed by atoms with Gasteiger partial charge in [0.25, 0.3) is 0 Å². The van der Waals surface area contributed by atoms with Gasteiger partial charge in [-0.15, -0.1) is 0 Å². The molecule has 0 spiro atoms.